The summed E-state index contributed by atoms with van der Waals surface area (Å²) < 4.78 is 0. The van der Waals surface area contributed by atoms with Gasteiger partial charge in [0.2, 0.25) is 0 Å². The maximum atomic E-state index is 14.8. The Bertz CT molecular complexity index is 1210. The van der Waals surface area contributed by atoms with E-state index >= 15 is 0 Å². The topological polar surface area (TPSA) is 71.4 Å². The molecule has 2 bridgehead atoms. The molecule has 0 aromatic heterocycles. The lowest BCUT2D eigenvalue weighted by Crippen LogP contribution is -2.69. The van der Waals surface area contributed by atoms with Crippen molar-refractivity contribution >= 4 is 17.3 Å². The highest BCUT2D eigenvalue weighted by molar-refractivity contribution is 6.36. The van der Waals surface area contributed by atoms with Crippen LogP contribution < -0.4 is 0 Å². The summed E-state index contributed by atoms with van der Waals surface area (Å²) in [4.78, 5) is 43.9. The molecule has 3 atom stereocenters. The minimum atomic E-state index is -1.92. The average Bonchev–Trinajstić information content (AvgIpc) is 2.82. The number of Topliss-reactive ketones (excluding diaryl/α,β-unsaturated/α-hetero) is 3. The van der Waals surface area contributed by atoms with Crippen LogP contribution in [-0.2, 0) is 9.59 Å². The van der Waals surface area contributed by atoms with E-state index in [-0.39, 0.29) is 30.1 Å². The lowest BCUT2D eigenvalue weighted by molar-refractivity contribution is -0.164. The van der Waals surface area contributed by atoms with Gasteiger partial charge >= 0.3 is 0 Å². The molecule has 0 aliphatic heterocycles. The number of carbonyl (C=O) groups excluding carboxylic acids is 3. The molecule has 0 spiro atoms. The summed E-state index contributed by atoms with van der Waals surface area (Å²) in [6.07, 6.45) is 7.41. The Kier molecular flexibility index (Phi) is 8.02. The molecule has 1 aromatic rings. The Morgan fingerprint density at radius 1 is 0.919 bits per heavy atom. The van der Waals surface area contributed by atoms with Gasteiger partial charge in [-0.05, 0) is 78.6 Å². The van der Waals surface area contributed by atoms with E-state index in [1.807, 2.05) is 73.6 Å². The highest BCUT2D eigenvalue weighted by Crippen LogP contribution is 2.66. The summed E-state index contributed by atoms with van der Waals surface area (Å²) in [6, 6.07) is 8.68. The number of aliphatic hydroxyl groups excluding tert-OH is 1. The summed E-state index contributed by atoms with van der Waals surface area (Å²) in [7, 11) is 0. The average molecular weight is 503 g/mol. The van der Waals surface area contributed by atoms with Gasteiger partial charge in [-0.1, -0.05) is 79.1 Å². The number of carbonyl (C=O) groups is 3. The predicted molar refractivity (Wildman–Crippen MR) is 149 cm³/mol. The molecule has 0 radical (unpaired) electrons. The number of fused-ring (bicyclic) bond motifs is 2. The summed E-state index contributed by atoms with van der Waals surface area (Å²) >= 11 is 0. The van der Waals surface area contributed by atoms with Crippen LogP contribution in [0.3, 0.4) is 0 Å². The molecule has 37 heavy (non-hydrogen) atoms. The van der Waals surface area contributed by atoms with Crippen LogP contribution >= 0.6 is 0 Å². The van der Waals surface area contributed by atoms with Crippen LogP contribution in [0.1, 0.15) is 91.4 Å². The third-order valence-electron chi connectivity index (χ3n) is 8.47. The fourth-order valence-electron chi connectivity index (χ4n) is 6.16. The number of hydrogen-bond donors (Lipinski definition) is 1. The van der Waals surface area contributed by atoms with Crippen molar-refractivity contribution < 1.29 is 19.5 Å². The number of allylic oxidation sites excluding steroid dienone is 8. The van der Waals surface area contributed by atoms with Gasteiger partial charge in [0, 0.05) is 11.1 Å². The molecule has 198 valence electrons. The van der Waals surface area contributed by atoms with Crippen LogP contribution in [0.4, 0.5) is 0 Å². The lowest BCUT2D eigenvalue weighted by Gasteiger charge is -2.59. The molecule has 2 aliphatic rings. The summed E-state index contributed by atoms with van der Waals surface area (Å²) in [5.41, 5.74) is -0.517. The zero-order valence-corrected chi connectivity index (χ0v) is 23.7. The first kappa shape index (κ1) is 28.6. The molecular formula is C33H42O4. The van der Waals surface area contributed by atoms with Gasteiger partial charge in [0.15, 0.2) is 22.8 Å². The first-order valence-corrected chi connectivity index (χ1v) is 13.3. The summed E-state index contributed by atoms with van der Waals surface area (Å²) in [6.45, 7) is 15.6. The molecule has 4 nitrogen and oxygen atoms in total. The lowest BCUT2D eigenvalue weighted by atomic mass is 9.39. The zero-order chi connectivity index (χ0) is 27.8. The van der Waals surface area contributed by atoms with Gasteiger partial charge in [-0.3, -0.25) is 14.4 Å². The van der Waals surface area contributed by atoms with Gasteiger partial charge in [0.25, 0.3) is 0 Å². The third-order valence-corrected chi connectivity index (χ3v) is 8.47. The minimum Gasteiger partial charge on any atom is -0.511 e. The van der Waals surface area contributed by atoms with Crippen molar-refractivity contribution in [2.24, 2.45) is 22.2 Å². The van der Waals surface area contributed by atoms with Crippen LogP contribution in [-0.4, -0.2) is 22.5 Å². The van der Waals surface area contributed by atoms with Gasteiger partial charge in [0.05, 0.1) is 5.41 Å². The Morgan fingerprint density at radius 3 is 2.03 bits per heavy atom. The molecule has 1 saturated carbocycles. The highest BCUT2D eigenvalue weighted by atomic mass is 16.3. The van der Waals surface area contributed by atoms with Crippen molar-refractivity contribution in [3.8, 4) is 0 Å². The molecule has 0 saturated heterocycles. The van der Waals surface area contributed by atoms with Crippen LogP contribution in [0.25, 0.3) is 0 Å². The van der Waals surface area contributed by atoms with Gasteiger partial charge in [-0.25, -0.2) is 0 Å². The molecule has 0 unspecified atom stereocenters. The summed E-state index contributed by atoms with van der Waals surface area (Å²) in [5, 5.41) is 11.8. The molecule has 0 heterocycles. The number of hydrogen-bond acceptors (Lipinski definition) is 4. The fraction of sp³-hybridized carbons (Fsp3) is 0.485. The fourth-order valence-corrected chi connectivity index (χ4v) is 6.16. The normalized spacial score (nSPS) is 26.4. The van der Waals surface area contributed by atoms with Gasteiger partial charge in [-0.2, -0.15) is 0 Å². The molecule has 4 heteroatoms. The Balaban J connectivity index is 2.45. The van der Waals surface area contributed by atoms with E-state index in [0.29, 0.717) is 18.4 Å². The van der Waals surface area contributed by atoms with Crippen molar-refractivity contribution in [3.05, 3.63) is 82.2 Å². The van der Waals surface area contributed by atoms with Crippen molar-refractivity contribution in [3.63, 3.8) is 0 Å². The van der Waals surface area contributed by atoms with Crippen molar-refractivity contribution in [1.29, 1.82) is 0 Å². The van der Waals surface area contributed by atoms with Gasteiger partial charge in [0.1, 0.15) is 5.76 Å². The second-order valence-electron chi connectivity index (χ2n) is 12.1. The van der Waals surface area contributed by atoms with E-state index in [2.05, 4.69) is 6.08 Å². The van der Waals surface area contributed by atoms with Crippen LogP contribution in [0.15, 0.2) is 76.6 Å². The Labute approximate surface area is 222 Å². The molecule has 1 N–H and O–H groups in total. The standard InChI is InChI=1S/C33H42O4/c1-21(2)14-16-25-20-32(19-18-23(5)6)28(35)26(17-15-22(3)4)29(36)33(30(32)37,31(25,7)8)27(34)24-12-10-9-11-13-24/h9-15,18,25,35H,16-17,19-20H2,1-8H3/t25-,32-,33-/m1/s1. The Hall–Kier alpha value is -3.01. The van der Waals surface area contributed by atoms with Crippen LogP contribution in [0.2, 0.25) is 0 Å². The zero-order valence-electron chi connectivity index (χ0n) is 23.7. The first-order chi connectivity index (χ1) is 17.2. The second kappa shape index (κ2) is 10.4. The maximum absolute atomic E-state index is 14.8. The molecule has 2 aliphatic carbocycles. The second-order valence-corrected chi connectivity index (χ2v) is 12.1. The Morgan fingerprint density at radius 2 is 1.49 bits per heavy atom. The highest BCUT2D eigenvalue weighted by Gasteiger charge is 2.74. The van der Waals surface area contributed by atoms with E-state index < -0.39 is 33.6 Å². The maximum Gasteiger partial charge on any atom is 0.184 e. The largest absolute Gasteiger partial charge is 0.511 e. The minimum absolute atomic E-state index is 0.147. The predicted octanol–water partition coefficient (Wildman–Crippen LogP) is 7.92. The number of rotatable bonds is 8. The van der Waals surface area contributed by atoms with E-state index in [9.17, 15) is 19.5 Å². The summed E-state index contributed by atoms with van der Waals surface area (Å²) in [5.74, 6) is -1.77. The van der Waals surface area contributed by atoms with E-state index in [1.54, 1.807) is 24.3 Å². The van der Waals surface area contributed by atoms with E-state index in [4.69, 9.17) is 0 Å². The van der Waals surface area contributed by atoms with E-state index in [0.717, 1.165) is 16.7 Å². The van der Waals surface area contributed by atoms with Crippen molar-refractivity contribution in [1.82, 2.24) is 0 Å². The van der Waals surface area contributed by atoms with Crippen LogP contribution in [0, 0.1) is 22.2 Å². The van der Waals surface area contributed by atoms with E-state index in [1.165, 1.54) is 0 Å². The third kappa shape index (κ3) is 4.60. The number of aliphatic hydroxyl groups is 1. The number of benzene rings is 1. The molecular weight excluding hydrogens is 460 g/mol. The first-order valence-electron chi connectivity index (χ1n) is 13.3. The van der Waals surface area contributed by atoms with Crippen molar-refractivity contribution in [2.75, 3.05) is 0 Å². The SMILES string of the molecule is CC(C)=CCC1=C(O)[C@@]2(CC=C(C)C)C[C@@H](CC=C(C)C)C(C)(C)[C@](C(=O)c3ccccc3)(C1=O)C2=O. The van der Waals surface area contributed by atoms with Crippen molar-refractivity contribution in [2.45, 2.75) is 81.1 Å². The smallest absolute Gasteiger partial charge is 0.184 e. The number of ketones is 3. The van der Waals surface area contributed by atoms with Crippen LogP contribution in [0.5, 0.6) is 0 Å². The molecule has 1 aromatic carbocycles. The quantitative estimate of drug-likeness (QED) is 0.223. The molecule has 1 fully saturated rings. The van der Waals surface area contributed by atoms with Gasteiger partial charge in [-0.15, -0.1) is 0 Å². The molecule has 3 rings (SSSR count). The van der Waals surface area contributed by atoms with Gasteiger partial charge < -0.3 is 5.11 Å². The monoisotopic (exact) mass is 502 g/mol. The molecule has 0 amide bonds.